The van der Waals surface area contributed by atoms with Crippen molar-refractivity contribution in [1.82, 2.24) is 0 Å². The van der Waals surface area contributed by atoms with Gasteiger partial charge in [-0.1, -0.05) is 20.3 Å². The Balaban J connectivity index is 0.000000474. The first-order chi connectivity index (χ1) is 24.4. The molecule has 3 fully saturated rings. The monoisotopic (exact) mass is 828 g/mol. The zero-order valence-electron chi connectivity index (χ0n) is 32.5. The largest absolute Gasteiger partial charge is 0.469 e. The molecule has 3 N–H and O–H groups in total. The first-order valence-corrected chi connectivity index (χ1v) is 18.1. The Morgan fingerprint density at radius 1 is 0.582 bits per heavy atom. The van der Waals surface area contributed by atoms with E-state index in [1.54, 1.807) is 20.8 Å². The van der Waals surface area contributed by atoms with Crippen LogP contribution in [0.5, 0.6) is 0 Å². The van der Waals surface area contributed by atoms with Gasteiger partial charge in [-0.05, 0) is 117 Å². The predicted molar refractivity (Wildman–Crippen MR) is 175 cm³/mol. The van der Waals surface area contributed by atoms with Crippen LogP contribution >= 0.6 is 0 Å². The van der Waals surface area contributed by atoms with E-state index in [4.69, 9.17) is 9.84 Å². The maximum atomic E-state index is 13.3. The lowest BCUT2D eigenvalue weighted by molar-refractivity contribution is -0.373. The molecule has 0 radical (unpaired) electrons. The third kappa shape index (κ3) is 12.0. The number of ether oxygens (including phenoxy) is 2. The molecular formula is C36H56F12O7. The maximum Gasteiger partial charge on any atom is 0.426 e. The zero-order chi connectivity index (χ0) is 43.6. The molecule has 2 bridgehead atoms. The van der Waals surface area contributed by atoms with Gasteiger partial charge in [-0.2, -0.15) is 52.7 Å². The van der Waals surface area contributed by atoms with Crippen molar-refractivity contribution in [3.05, 3.63) is 0 Å². The van der Waals surface area contributed by atoms with Crippen LogP contribution in [0.3, 0.4) is 0 Å². The van der Waals surface area contributed by atoms with Gasteiger partial charge >= 0.3 is 36.6 Å². The molecule has 0 aliphatic heterocycles. The minimum atomic E-state index is -5.67. The number of hydrogen-bond donors (Lipinski definition) is 3. The van der Waals surface area contributed by atoms with Crippen molar-refractivity contribution in [3.63, 3.8) is 0 Å². The molecule has 3 aliphatic rings. The summed E-state index contributed by atoms with van der Waals surface area (Å²) in [5, 5.41) is 29.1. The summed E-state index contributed by atoms with van der Waals surface area (Å²) >= 11 is 0. The van der Waals surface area contributed by atoms with Gasteiger partial charge in [-0.25, -0.2) is 0 Å². The summed E-state index contributed by atoms with van der Waals surface area (Å²) in [6.07, 6.45) is -21.9. The van der Waals surface area contributed by atoms with E-state index < -0.39 is 102 Å². The Morgan fingerprint density at radius 3 is 1.25 bits per heavy atom. The van der Waals surface area contributed by atoms with Crippen molar-refractivity contribution in [2.45, 2.75) is 167 Å². The molecule has 0 aromatic carbocycles. The molecule has 7 unspecified atom stereocenters. The lowest BCUT2D eigenvalue weighted by Gasteiger charge is -2.46. The Morgan fingerprint density at radius 2 is 0.982 bits per heavy atom. The summed E-state index contributed by atoms with van der Waals surface area (Å²) < 4.78 is 165. The van der Waals surface area contributed by atoms with Crippen LogP contribution in [-0.4, -0.2) is 82.0 Å². The predicted octanol–water partition coefficient (Wildman–Crippen LogP) is 9.64. The van der Waals surface area contributed by atoms with Crippen LogP contribution in [-0.2, 0) is 19.1 Å². The highest BCUT2D eigenvalue weighted by molar-refractivity contribution is 5.76. The molecule has 0 aromatic rings. The number of halogens is 12. The number of aliphatic hydroxyl groups is 3. The molecule has 7 atom stereocenters. The summed E-state index contributed by atoms with van der Waals surface area (Å²) in [5.74, 6) is -4.76. The number of alkyl halides is 12. The number of fused-ring (bicyclic) bond motifs is 2. The molecule has 3 aliphatic carbocycles. The van der Waals surface area contributed by atoms with Crippen LogP contribution in [0, 0.1) is 40.4 Å². The van der Waals surface area contributed by atoms with E-state index in [9.17, 15) is 72.5 Å². The van der Waals surface area contributed by atoms with Crippen LogP contribution in [0.1, 0.15) is 120 Å². The third-order valence-electron chi connectivity index (χ3n) is 12.1. The Kier molecular flexibility index (Phi) is 16.2. The van der Waals surface area contributed by atoms with Gasteiger partial charge in [0.05, 0.1) is 17.9 Å². The van der Waals surface area contributed by atoms with Crippen molar-refractivity contribution in [2.75, 3.05) is 7.11 Å². The van der Waals surface area contributed by atoms with E-state index in [1.165, 1.54) is 7.11 Å². The number of methoxy groups -OCH3 is 1. The molecular weight excluding hydrogens is 772 g/mol. The van der Waals surface area contributed by atoms with E-state index in [-0.39, 0.29) is 23.2 Å². The van der Waals surface area contributed by atoms with Crippen molar-refractivity contribution >= 4 is 11.9 Å². The van der Waals surface area contributed by atoms with Crippen LogP contribution in [0.25, 0.3) is 0 Å². The second-order valence-electron chi connectivity index (χ2n) is 16.9. The van der Waals surface area contributed by atoms with E-state index in [0.29, 0.717) is 39.5 Å². The molecule has 0 saturated heterocycles. The van der Waals surface area contributed by atoms with Gasteiger partial charge in [-0.15, -0.1) is 0 Å². The van der Waals surface area contributed by atoms with Gasteiger partial charge in [0.2, 0.25) is 0 Å². The van der Waals surface area contributed by atoms with Crippen LogP contribution in [0.2, 0.25) is 0 Å². The second-order valence-corrected chi connectivity index (χ2v) is 16.9. The van der Waals surface area contributed by atoms with E-state index >= 15 is 0 Å². The summed E-state index contributed by atoms with van der Waals surface area (Å²) in [5.41, 5.74) is -12.4. The summed E-state index contributed by atoms with van der Waals surface area (Å²) in [7, 11) is 1.42. The minimum absolute atomic E-state index is 0.0915. The lowest BCUT2D eigenvalue weighted by Crippen LogP contribution is -2.58. The van der Waals surface area contributed by atoms with Crippen molar-refractivity contribution in [1.29, 1.82) is 0 Å². The van der Waals surface area contributed by atoms with Gasteiger partial charge in [0, 0.05) is 11.8 Å². The maximum absolute atomic E-state index is 13.3. The van der Waals surface area contributed by atoms with Gasteiger partial charge < -0.3 is 24.8 Å². The van der Waals surface area contributed by atoms with Crippen molar-refractivity contribution < 1.29 is 87.1 Å². The molecule has 0 spiro atoms. The molecule has 0 amide bonds. The second kappa shape index (κ2) is 17.5. The SMILES string of the molecule is CCC(C)(C)C(=O)OC.CCC(C)(C)C(=O)OC1CC(C(C)(O)C(F)(F)F)CC(C(C)(O)C(F)(F)F)C1.OC(CC1CC2CCC1C2)(C(F)(F)F)C(F)(F)F. The molecule has 0 heterocycles. The first kappa shape index (κ1) is 51.0. The zero-order valence-corrected chi connectivity index (χ0v) is 32.5. The fourth-order valence-electron chi connectivity index (χ4n) is 7.02. The smallest absolute Gasteiger partial charge is 0.426 e. The molecule has 3 saturated carbocycles. The summed E-state index contributed by atoms with van der Waals surface area (Å²) in [6.45, 7) is 11.5. The van der Waals surface area contributed by atoms with E-state index in [1.807, 2.05) is 20.8 Å². The highest BCUT2D eigenvalue weighted by atomic mass is 19.4. The number of rotatable bonds is 9. The first-order valence-electron chi connectivity index (χ1n) is 18.1. The molecule has 55 heavy (non-hydrogen) atoms. The van der Waals surface area contributed by atoms with Crippen LogP contribution in [0.4, 0.5) is 52.7 Å². The molecule has 7 nitrogen and oxygen atoms in total. The highest BCUT2D eigenvalue weighted by Gasteiger charge is 2.71. The third-order valence-corrected chi connectivity index (χ3v) is 12.1. The Labute approximate surface area is 313 Å². The fourth-order valence-corrected chi connectivity index (χ4v) is 7.02. The molecule has 19 heteroatoms. The number of esters is 2. The quantitative estimate of drug-likeness (QED) is 0.157. The highest BCUT2D eigenvalue weighted by Crippen LogP contribution is 2.55. The van der Waals surface area contributed by atoms with E-state index in [2.05, 4.69) is 4.74 Å². The summed E-state index contributed by atoms with van der Waals surface area (Å²) in [4.78, 5) is 23.1. The van der Waals surface area contributed by atoms with Gasteiger partial charge in [0.1, 0.15) is 6.10 Å². The molecule has 3 rings (SSSR count). The average Bonchev–Trinajstić information content (AvgIpc) is 3.66. The van der Waals surface area contributed by atoms with Crippen LogP contribution < -0.4 is 0 Å². The average molecular weight is 829 g/mol. The Bertz CT molecular complexity index is 1220. The minimum Gasteiger partial charge on any atom is -0.469 e. The van der Waals surface area contributed by atoms with Crippen LogP contribution in [0.15, 0.2) is 0 Å². The normalized spacial score (nSPS) is 27.4. The van der Waals surface area contributed by atoms with Crippen molar-refractivity contribution in [3.8, 4) is 0 Å². The topological polar surface area (TPSA) is 113 Å². The number of hydrogen-bond acceptors (Lipinski definition) is 7. The lowest BCUT2D eigenvalue weighted by atomic mass is 9.67. The molecule has 0 aromatic heterocycles. The Hall–Kier alpha value is -2.02. The summed E-state index contributed by atoms with van der Waals surface area (Å²) in [6, 6.07) is 0. The fraction of sp³-hybridized carbons (Fsp3) is 0.944. The van der Waals surface area contributed by atoms with Gasteiger partial charge in [0.15, 0.2) is 11.2 Å². The van der Waals surface area contributed by atoms with Gasteiger partial charge in [-0.3, -0.25) is 9.59 Å². The standard InChI is InChI=1S/C18H28F6O4.C11H14F6O.C7H14O2/c1-6-14(2,3)13(25)28-12-8-10(15(4,26)17(19,20)21)7-11(9-12)16(5,27)18(22,23)24;12-10(13,14)9(18,11(15,16)17)5-8-4-6-1-2-7(8)3-6;1-5-7(2,3)6(8)9-4/h10-12,26-27H,6-9H2,1-5H3;6-8,18H,1-5H2;5H2,1-4H3. The van der Waals surface area contributed by atoms with Crippen molar-refractivity contribution in [2.24, 2.45) is 40.4 Å². The van der Waals surface area contributed by atoms with E-state index in [0.717, 1.165) is 12.8 Å². The number of carbonyl (C=O) groups excluding carboxylic acids is 2. The molecule has 326 valence electrons. The van der Waals surface area contributed by atoms with Gasteiger partial charge in [0.25, 0.3) is 5.60 Å². The number of carbonyl (C=O) groups is 2.